The van der Waals surface area contributed by atoms with Gasteiger partial charge in [-0.2, -0.15) is 0 Å². The first-order chi connectivity index (χ1) is 16.4. The van der Waals surface area contributed by atoms with E-state index in [9.17, 15) is 9.18 Å². The fourth-order valence-electron chi connectivity index (χ4n) is 3.39. The van der Waals surface area contributed by atoms with Crippen LogP contribution < -0.4 is 10.6 Å². The number of amides is 2. The molecule has 1 atom stereocenters. The first-order valence-electron chi connectivity index (χ1n) is 10.9. The molecule has 6 nitrogen and oxygen atoms in total. The summed E-state index contributed by atoms with van der Waals surface area (Å²) in [6.07, 6.45) is 0. The number of hydrogen-bond acceptors (Lipinski definition) is 4. The van der Waals surface area contributed by atoms with Gasteiger partial charge >= 0.3 is 6.03 Å². The molecule has 0 spiro atoms. The molecule has 1 unspecified atom stereocenters. The van der Waals surface area contributed by atoms with Crippen LogP contribution in [-0.4, -0.2) is 20.8 Å². The molecule has 8 heteroatoms. The molecule has 0 saturated heterocycles. The highest BCUT2D eigenvalue weighted by atomic mass is 32.2. The van der Waals surface area contributed by atoms with Gasteiger partial charge in [-0.1, -0.05) is 59.3 Å². The summed E-state index contributed by atoms with van der Waals surface area (Å²) >= 11 is 1.50. The maximum Gasteiger partial charge on any atom is 0.319 e. The van der Waals surface area contributed by atoms with E-state index in [1.54, 1.807) is 12.1 Å². The van der Waals surface area contributed by atoms with Crippen molar-refractivity contribution in [1.29, 1.82) is 0 Å². The highest BCUT2D eigenvalue weighted by Gasteiger charge is 2.21. The zero-order valence-electron chi connectivity index (χ0n) is 19.2. The third kappa shape index (κ3) is 5.82. The minimum Gasteiger partial charge on any atom is -0.328 e. The lowest BCUT2D eigenvalue weighted by Crippen LogP contribution is -2.32. The predicted octanol–water partition coefficient (Wildman–Crippen LogP) is 6.20. The van der Waals surface area contributed by atoms with Crippen LogP contribution >= 0.6 is 11.8 Å². The number of halogens is 1. The summed E-state index contributed by atoms with van der Waals surface area (Å²) in [6.45, 7) is 5.90. The number of nitrogens with one attached hydrogen (secondary N) is 2. The van der Waals surface area contributed by atoms with E-state index in [1.165, 1.54) is 23.9 Å². The number of anilines is 1. The van der Waals surface area contributed by atoms with Crippen molar-refractivity contribution in [2.45, 2.75) is 37.7 Å². The number of rotatable bonds is 7. The average molecular weight is 476 g/mol. The highest BCUT2D eigenvalue weighted by Crippen LogP contribution is 2.28. The van der Waals surface area contributed by atoms with E-state index >= 15 is 0 Å². The Morgan fingerprint density at radius 1 is 0.941 bits per heavy atom. The van der Waals surface area contributed by atoms with Gasteiger partial charge in [0.2, 0.25) is 0 Å². The Hall–Kier alpha value is -3.65. The van der Waals surface area contributed by atoms with Gasteiger partial charge < -0.3 is 10.6 Å². The van der Waals surface area contributed by atoms with Gasteiger partial charge in [0.25, 0.3) is 0 Å². The lowest BCUT2D eigenvalue weighted by Gasteiger charge is -2.17. The zero-order valence-corrected chi connectivity index (χ0v) is 20.1. The summed E-state index contributed by atoms with van der Waals surface area (Å²) in [5, 5.41) is 15.3. The molecule has 1 heterocycles. The summed E-state index contributed by atoms with van der Waals surface area (Å²) in [7, 11) is 0. The van der Waals surface area contributed by atoms with Gasteiger partial charge in [-0.25, -0.2) is 9.18 Å². The molecule has 0 saturated carbocycles. The second kappa shape index (κ2) is 10.5. The molecule has 4 rings (SSSR count). The van der Waals surface area contributed by atoms with Crippen molar-refractivity contribution in [1.82, 2.24) is 20.1 Å². The van der Waals surface area contributed by atoms with Crippen LogP contribution in [0, 0.1) is 19.7 Å². The van der Waals surface area contributed by atoms with E-state index in [0.717, 1.165) is 22.4 Å². The molecule has 174 valence electrons. The lowest BCUT2D eigenvalue weighted by atomic mass is 10.2. The molecule has 0 aliphatic heterocycles. The molecule has 4 aromatic rings. The number of carbonyl (C=O) groups excluding carboxylic acids is 1. The van der Waals surface area contributed by atoms with Crippen molar-refractivity contribution in [2.24, 2.45) is 0 Å². The number of benzene rings is 3. The predicted molar refractivity (Wildman–Crippen MR) is 134 cm³/mol. The number of hydrogen-bond donors (Lipinski definition) is 2. The number of carbonyl (C=O) groups is 1. The molecule has 0 bridgehead atoms. The smallest absolute Gasteiger partial charge is 0.319 e. The normalized spacial score (nSPS) is 11.8. The van der Waals surface area contributed by atoms with E-state index in [1.807, 2.05) is 73.9 Å². The zero-order chi connectivity index (χ0) is 24.1. The molecule has 0 fully saturated rings. The third-order valence-corrected chi connectivity index (χ3v) is 6.28. The van der Waals surface area contributed by atoms with Crippen molar-refractivity contribution in [3.05, 3.63) is 101 Å². The standard InChI is InChI=1S/C26H26FN5OS/c1-17-4-12-22(13-5-17)29-25(33)28-19(3)24-30-31-26(32(24)23-14-6-18(2)7-15-23)34-16-20-8-10-21(27)11-9-20/h4-15,19H,16H2,1-3H3,(H2,28,29,33). The minimum atomic E-state index is -0.403. The number of aromatic nitrogens is 3. The van der Waals surface area contributed by atoms with Gasteiger partial charge in [-0.15, -0.1) is 10.2 Å². The third-order valence-electron chi connectivity index (χ3n) is 5.28. The second-order valence-electron chi connectivity index (χ2n) is 8.11. The molecule has 2 amide bonds. The van der Waals surface area contributed by atoms with Crippen molar-refractivity contribution >= 4 is 23.5 Å². The molecular weight excluding hydrogens is 449 g/mol. The monoisotopic (exact) mass is 475 g/mol. The Balaban J connectivity index is 1.55. The first-order valence-corrected chi connectivity index (χ1v) is 11.9. The summed E-state index contributed by atoms with van der Waals surface area (Å²) in [5.41, 5.74) is 4.86. The van der Waals surface area contributed by atoms with Gasteiger partial charge in [0.1, 0.15) is 5.82 Å². The number of urea groups is 1. The van der Waals surface area contributed by atoms with Crippen molar-refractivity contribution < 1.29 is 9.18 Å². The van der Waals surface area contributed by atoms with Crippen LogP contribution in [-0.2, 0) is 5.75 Å². The Kier molecular flexibility index (Phi) is 7.27. The van der Waals surface area contributed by atoms with Crippen LogP contribution in [0.25, 0.3) is 5.69 Å². The van der Waals surface area contributed by atoms with Crippen LogP contribution in [0.3, 0.4) is 0 Å². The molecule has 2 N–H and O–H groups in total. The van der Waals surface area contributed by atoms with Crippen LogP contribution in [0.5, 0.6) is 0 Å². The van der Waals surface area contributed by atoms with Crippen molar-refractivity contribution in [2.75, 3.05) is 5.32 Å². The van der Waals surface area contributed by atoms with E-state index in [2.05, 4.69) is 20.8 Å². The molecular formula is C26H26FN5OS. The van der Waals surface area contributed by atoms with Crippen LogP contribution in [0.2, 0.25) is 0 Å². The fraction of sp³-hybridized carbons (Fsp3) is 0.192. The largest absolute Gasteiger partial charge is 0.328 e. The van der Waals surface area contributed by atoms with Gasteiger partial charge in [0, 0.05) is 17.1 Å². The number of nitrogens with zero attached hydrogens (tertiary/aromatic N) is 3. The van der Waals surface area contributed by atoms with Crippen molar-refractivity contribution in [3.8, 4) is 5.69 Å². The molecule has 0 radical (unpaired) electrons. The molecule has 34 heavy (non-hydrogen) atoms. The summed E-state index contributed by atoms with van der Waals surface area (Å²) in [6, 6.07) is 21.3. The Bertz CT molecular complexity index is 1250. The molecule has 3 aromatic carbocycles. The maximum atomic E-state index is 13.2. The van der Waals surface area contributed by atoms with E-state index in [-0.39, 0.29) is 11.8 Å². The van der Waals surface area contributed by atoms with E-state index in [0.29, 0.717) is 22.4 Å². The van der Waals surface area contributed by atoms with Crippen molar-refractivity contribution in [3.63, 3.8) is 0 Å². The average Bonchev–Trinajstić information content (AvgIpc) is 3.25. The first kappa shape index (κ1) is 23.5. The van der Waals surface area contributed by atoms with Crippen LogP contribution in [0.4, 0.5) is 14.9 Å². The summed E-state index contributed by atoms with van der Waals surface area (Å²) in [4.78, 5) is 12.6. The van der Waals surface area contributed by atoms with Gasteiger partial charge in [0.15, 0.2) is 11.0 Å². The molecule has 0 aliphatic carbocycles. The SMILES string of the molecule is Cc1ccc(NC(=O)NC(C)c2nnc(SCc3ccc(F)cc3)n2-c2ccc(C)cc2)cc1. The molecule has 1 aromatic heterocycles. The number of aryl methyl sites for hydroxylation is 2. The highest BCUT2D eigenvalue weighted by molar-refractivity contribution is 7.98. The van der Waals surface area contributed by atoms with Crippen LogP contribution in [0.15, 0.2) is 78.0 Å². The molecule has 0 aliphatic rings. The lowest BCUT2D eigenvalue weighted by molar-refractivity contribution is 0.249. The van der Waals surface area contributed by atoms with Crippen LogP contribution in [0.1, 0.15) is 35.5 Å². The van der Waals surface area contributed by atoms with E-state index in [4.69, 9.17) is 0 Å². The van der Waals surface area contributed by atoms with E-state index < -0.39 is 6.04 Å². The second-order valence-corrected chi connectivity index (χ2v) is 9.06. The topological polar surface area (TPSA) is 71.8 Å². The maximum absolute atomic E-state index is 13.2. The Morgan fingerprint density at radius 3 is 2.21 bits per heavy atom. The number of thioether (sulfide) groups is 1. The van der Waals surface area contributed by atoms with Gasteiger partial charge in [-0.05, 0) is 62.7 Å². The summed E-state index contributed by atoms with van der Waals surface area (Å²) < 4.78 is 15.2. The fourth-order valence-corrected chi connectivity index (χ4v) is 4.30. The Morgan fingerprint density at radius 2 is 1.56 bits per heavy atom. The Labute approximate surface area is 202 Å². The summed E-state index contributed by atoms with van der Waals surface area (Å²) in [5.74, 6) is 0.965. The minimum absolute atomic E-state index is 0.261. The quantitative estimate of drug-likeness (QED) is 0.312. The van der Waals surface area contributed by atoms with Gasteiger partial charge in [0.05, 0.1) is 6.04 Å². The van der Waals surface area contributed by atoms with Gasteiger partial charge in [-0.3, -0.25) is 4.57 Å².